The lowest BCUT2D eigenvalue weighted by Gasteiger charge is -2.39. The molecular formula is C15H25N. The molecule has 1 rings (SSSR count). The Morgan fingerprint density at radius 1 is 1.19 bits per heavy atom. The molecule has 0 bridgehead atoms. The maximum atomic E-state index is 3.37. The molecule has 0 aromatic heterocycles. The highest BCUT2D eigenvalue weighted by atomic mass is 14.8. The summed E-state index contributed by atoms with van der Waals surface area (Å²) in [6, 6.07) is 10.9. The molecule has 0 spiro atoms. The largest absolute Gasteiger partial charge is 0.319 e. The van der Waals surface area contributed by atoms with E-state index in [1.165, 1.54) is 18.4 Å². The first kappa shape index (κ1) is 13.2. The Morgan fingerprint density at radius 3 is 2.25 bits per heavy atom. The molecular weight excluding hydrogens is 194 g/mol. The highest BCUT2D eigenvalue weighted by molar-refractivity contribution is 5.27. The Hall–Kier alpha value is -0.820. The van der Waals surface area contributed by atoms with Crippen LogP contribution in [0.3, 0.4) is 0 Å². The number of hydrogen-bond donors (Lipinski definition) is 1. The molecule has 0 fully saturated rings. The van der Waals surface area contributed by atoms with E-state index in [0.717, 1.165) is 6.54 Å². The molecule has 1 nitrogen and oxygen atoms in total. The highest BCUT2D eigenvalue weighted by Crippen LogP contribution is 2.36. The molecule has 0 heterocycles. The van der Waals surface area contributed by atoms with Crippen molar-refractivity contribution in [1.82, 2.24) is 5.32 Å². The second-order valence-corrected chi connectivity index (χ2v) is 4.72. The SMILES string of the molecule is CCC(C)C(CC)(CNC)c1ccccc1. The standard InChI is InChI=1S/C15H25N/c1-5-13(3)15(6-2,12-16-4)14-10-8-7-9-11-14/h7-11,13,16H,5-6,12H2,1-4H3. The van der Waals surface area contributed by atoms with E-state index in [2.05, 4.69) is 63.5 Å². The van der Waals surface area contributed by atoms with Crippen LogP contribution in [0.1, 0.15) is 39.2 Å². The average Bonchev–Trinajstić information content (AvgIpc) is 2.36. The molecule has 0 amide bonds. The average molecular weight is 219 g/mol. The number of rotatable bonds is 6. The maximum Gasteiger partial charge on any atom is 0.0100 e. The van der Waals surface area contributed by atoms with E-state index >= 15 is 0 Å². The van der Waals surface area contributed by atoms with Gasteiger partial charge in [0.15, 0.2) is 0 Å². The lowest BCUT2D eigenvalue weighted by atomic mass is 9.68. The predicted octanol–water partition coefficient (Wildman–Crippen LogP) is 3.60. The van der Waals surface area contributed by atoms with Gasteiger partial charge in [-0.05, 0) is 24.9 Å². The summed E-state index contributed by atoms with van der Waals surface area (Å²) in [6.45, 7) is 8.01. The molecule has 0 radical (unpaired) electrons. The van der Waals surface area contributed by atoms with E-state index < -0.39 is 0 Å². The Labute approximate surface area is 100 Å². The molecule has 2 atom stereocenters. The van der Waals surface area contributed by atoms with E-state index in [9.17, 15) is 0 Å². The van der Waals surface area contributed by atoms with Crippen LogP contribution in [-0.2, 0) is 5.41 Å². The van der Waals surface area contributed by atoms with Crippen molar-refractivity contribution in [3.63, 3.8) is 0 Å². The van der Waals surface area contributed by atoms with Crippen molar-refractivity contribution in [3.05, 3.63) is 35.9 Å². The van der Waals surface area contributed by atoms with Gasteiger partial charge in [0.2, 0.25) is 0 Å². The zero-order chi connectivity index (χ0) is 12.0. The van der Waals surface area contributed by atoms with Gasteiger partial charge >= 0.3 is 0 Å². The first-order chi connectivity index (χ1) is 7.71. The lowest BCUT2D eigenvalue weighted by Crippen LogP contribution is -2.41. The van der Waals surface area contributed by atoms with Gasteiger partial charge in [-0.15, -0.1) is 0 Å². The molecule has 0 saturated heterocycles. The summed E-state index contributed by atoms with van der Waals surface area (Å²) < 4.78 is 0. The first-order valence-electron chi connectivity index (χ1n) is 6.41. The molecule has 1 aromatic carbocycles. The van der Waals surface area contributed by atoms with Crippen LogP contribution >= 0.6 is 0 Å². The fourth-order valence-electron chi connectivity index (χ4n) is 2.71. The van der Waals surface area contributed by atoms with Crippen molar-refractivity contribution in [2.24, 2.45) is 5.92 Å². The number of nitrogens with one attached hydrogen (secondary N) is 1. The molecule has 1 heteroatoms. The van der Waals surface area contributed by atoms with Crippen LogP contribution in [0.15, 0.2) is 30.3 Å². The summed E-state index contributed by atoms with van der Waals surface area (Å²) in [5.74, 6) is 0.701. The zero-order valence-corrected chi connectivity index (χ0v) is 11.1. The van der Waals surface area contributed by atoms with Gasteiger partial charge in [-0.3, -0.25) is 0 Å². The van der Waals surface area contributed by atoms with Crippen molar-refractivity contribution >= 4 is 0 Å². The van der Waals surface area contributed by atoms with Crippen LogP contribution in [-0.4, -0.2) is 13.6 Å². The van der Waals surface area contributed by atoms with E-state index in [0.29, 0.717) is 5.92 Å². The van der Waals surface area contributed by atoms with Crippen molar-refractivity contribution in [3.8, 4) is 0 Å². The van der Waals surface area contributed by atoms with Gasteiger partial charge in [-0.1, -0.05) is 57.5 Å². The van der Waals surface area contributed by atoms with Gasteiger partial charge in [-0.2, -0.15) is 0 Å². The molecule has 0 aliphatic rings. The summed E-state index contributed by atoms with van der Waals surface area (Å²) in [4.78, 5) is 0. The quantitative estimate of drug-likeness (QED) is 0.771. The van der Waals surface area contributed by atoms with Gasteiger partial charge < -0.3 is 5.32 Å². The number of likely N-dealkylation sites (N-methyl/N-ethyl adjacent to an activating group) is 1. The monoisotopic (exact) mass is 219 g/mol. The fourth-order valence-corrected chi connectivity index (χ4v) is 2.71. The number of hydrogen-bond acceptors (Lipinski definition) is 1. The van der Waals surface area contributed by atoms with Crippen molar-refractivity contribution < 1.29 is 0 Å². The highest BCUT2D eigenvalue weighted by Gasteiger charge is 2.34. The molecule has 1 aromatic rings. The third-order valence-electron chi connectivity index (χ3n) is 4.03. The topological polar surface area (TPSA) is 12.0 Å². The predicted molar refractivity (Wildman–Crippen MR) is 71.8 cm³/mol. The smallest absolute Gasteiger partial charge is 0.0100 e. The zero-order valence-electron chi connectivity index (χ0n) is 11.1. The lowest BCUT2D eigenvalue weighted by molar-refractivity contribution is 0.261. The van der Waals surface area contributed by atoms with Crippen LogP contribution in [0, 0.1) is 5.92 Å². The van der Waals surface area contributed by atoms with Crippen LogP contribution in [0.4, 0.5) is 0 Å². The Morgan fingerprint density at radius 2 is 1.81 bits per heavy atom. The van der Waals surface area contributed by atoms with Gasteiger partial charge in [0.1, 0.15) is 0 Å². The minimum Gasteiger partial charge on any atom is -0.319 e. The minimum atomic E-state index is 0.282. The summed E-state index contributed by atoms with van der Waals surface area (Å²) in [6.07, 6.45) is 2.41. The normalized spacial score (nSPS) is 16.8. The van der Waals surface area contributed by atoms with Gasteiger partial charge in [0.05, 0.1) is 0 Å². The Kier molecular flexibility index (Phi) is 5.01. The maximum absolute atomic E-state index is 3.37. The fraction of sp³-hybridized carbons (Fsp3) is 0.600. The Balaban J connectivity index is 3.11. The van der Waals surface area contributed by atoms with E-state index in [1.807, 2.05) is 0 Å². The molecule has 16 heavy (non-hydrogen) atoms. The summed E-state index contributed by atoms with van der Waals surface area (Å²) in [7, 11) is 2.05. The van der Waals surface area contributed by atoms with E-state index in [1.54, 1.807) is 0 Å². The minimum absolute atomic E-state index is 0.282. The first-order valence-corrected chi connectivity index (χ1v) is 6.41. The summed E-state index contributed by atoms with van der Waals surface area (Å²) in [5, 5.41) is 3.37. The molecule has 2 unspecified atom stereocenters. The third-order valence-corrected chi connectivity index (χ3v) is 4.03. The van der Waals surface area contributed by atoms with Crippen LogP contribution < -0.4 is 5.32 Å². The van der Waals surface area contributed by atoms with Crippen molar-refractivity contribution in [2.75, 3.05) is 13.6 Å². The second-order valence-electron chi connectivity index (χ2n) is 4.72. The van der Waals surface area contributed by atoms with Crippen LogP contribution in [0.2, 0.25) is 0 Å². The molecule has 0 aliphatic carbocycles. The van der Waals surface area contributed by atoms with Gasteiger partial charge in [-0.25, -0.2) is 0 Å². The van der Waals surface area contributed by atoms with E-state index in [-0.39, 0.29) is 5.41 Å². The van der Waals surface area contributed by atoms with Crippen molar-refractivity contribution in [1.29, 1.82) is 0 Å². The molecule has 0 aliphatic heterocycles. The molecule has 90 valence electrons. The van der Waals surface area contributed by atoms with Crippen LogP contribution in [0.25, 0.3) is 0 Å². The third kappa shape index (κ3) is 2.46. The summed E-state index contributed by atoms with van der Waals surface area (Å²) >= 11 is 0. The Bertz CT molecular complexity index is 294. The molecule has 1 N–H and O–H groups in total. The van der Waals surface area contributed by atoms with E-state index in [4.69, 9.17) is 0 Å². The number of benzene rings is 1. The van der Waals surface area contributed by atoms with Crippen molar-refractivity contribution in [2.45, 2.75) is 39.0 Å². The van der Waals surface area contributed by atoms with Gasteiger partial charge in [0, 0.05) is 12.0 Å². The summed E-state index contributed by atoms with van der Waals surface area (Å²) in [5.41, 5.74) is 1.76. The molecule has 0 saturated carbocycles. The van der Waals surface area contributed by atoms with Crippen LogP contribution in [0.5, 0.6) is 0 Å². The van der Waals surface area contributed by atoms with Gasteiger partial charge in [0.25, 0.3) is 0 Å². The second kappa shape index (κ2) is 6.05.